The van der Waals surface area contributed by atoms with Gasteiger partial charge >= 0.3 is 0 Å². The Bertz CT molecular complexity index is 498. The molecule has 0 aliphatic heterocycles. The van der Waals surface area contributed by atoms with E-state index in [0.29, 0.717) is 19.0 Å². The quantitative estimate of drug-likeness (QED) is 0.326. The minimum Gasteiger partial charge on any atom is -0.383 e. The van der Waals surface area contributed by atoms with Crippen LogP contribution in [0.25, 0.3) is 0 Å². The number of rotatable bonds is 8. The molecule has 7 heteroatoms. The lowest BCUT2D eigenvalue weighted by Gasteiger charge is -2.20. The van der Waals surface area contributed by atoms with E-state index in [9.17, 15) is 9.90 Å². The summed E-state index contributed by atoms with van der Waals surface area (Å²) in [5.41, 5.74) is -0.984. The van der Waals surface area contributed by atoms with E-state index < -0.39 is 5.60 Å². The predicted octanol–water partition coefficient (Wildman–Crippen LogP) is 1.28. The van der Waals surface area contributed by atoms with Crippen LogP contribution < -0.4 is 16.0 Å². The standard InChI is InChI=1S/C16H28N4O2S/c1-5-17-15(19-9-8-18-14(21)12(2)3)20-11-16(4,22)13-7-6-10-23-13/h6-7,10,12,22H,5,8-9,11H2,1-4H3,(H,18,21)(H2,17,19,20). The monoisotopic (exact) mass is 340 g/mol. The second kappa shape index (κ2) is 9.52. The lowest BCUT2D eigenvalue weighted by Crippen LogP contribution is -2.42. The predicted molar refractivity (Wildman–Crippen MR) is 95.7 cm³/mol. The molecule has 1 aromatic heterocycles. The van der Waals surface area contributed by atoms with Crippen molar-refractivity contribution in [2.24, 2.45) is 10.9 Å². The molecule has 1 atom stereocenters. The fourth-order valence-electron chi connectivity index (χ4n) is 1.81. The van der Waals surface area contributed by atoms with Crippen LogP contribution in [-0.4, -0.2) is 43.2 Å². The summed E-state index contributed by atoms with van der Waals surface area (Å²) >= 11 is 1.51. The van der Waals surface area contributed by atoms with Gasteiger partial charge in [-0.15, -0.1) is 11.3 Å². The van der Waals surface area contributed by atoms with Crippen molar-refractivity contribution in [2.45, 2.75) is 33.3 Å². The van der Waals surface area contributed by atoms with E-state index in [0.717, 1.165) is 11.4 Å². The smallest absolute Gasteiger partial charge is 0.222 e. The SMILES string of the molecule is CCNC(=NCC(C)(O)c1cccs1)NCCNC(=O)C(C)C. The zero-order valence-electron chi connectivity index (χ0n) is 14.3. The van der Waals surface area contributed by atoms with Crippen molar-refractivity contribution < 1.29 is 9.90 Å². The number of hydrogen-bond acceptors (Lipinski definition) is 4. The first-order valence-corrected chi connectivity index (χ1v) is 8.81. The molecule has 1 heterocycles. The maximum atomic E-state index is 11.5. The van der Waals surface area contributed by atoms with E-state index in [-0.39, 0.29) is 18.4 Å². The van der Waals surface area contributed by atoms with Gasteiger partial charge in [0.2, 0.25) is 5.91 Å². The number of amides is 1. The van der Waals surface area contributed by atoms with Gasteiger partial charge in [-0.05, 0) is 25.3 Å². The van der Waals surface area contributed by atoms with Gasteiger partial charge in [0.05, 0.1) is 6.54 Å². The maximum absolute atomic E-state index is 11.5. The van der Waals surface area contributed by atoms with Crippen LogP contribution in [0.3, 0.4) is 0 Å². The minimum atomic E-state index is -0.984. The van der Waals surface area contributed by atoms with Crippen LogP contribution in [0.1, 0.15) is 32.6 Å². The van der Waals surface area contributed by atoms with E-state index >= 15 is 0 Å². The molecule has 1 aromatic rings. The summed E-state index contributed by atoms with van der Waals surface area (Å²) in [6.07, 6.45) is 0. The minimum absolute atomic E-state index is 0.0159. The summed E-state index contributed by atoms with van der Waals surface area (Å²) in [5.74, 6) is 0.648. The molecule has 23 heavy (non-hydrogen) atoms. The fourth-order valence-corrected chi connectivity index (χ4v) is 2.59. The van der Waals surface area contributed by atoms with Crippen molar-refractivity contribution in [1.29, 1.82) is 0 Å². The highest BCUT2D eigenvalue weighted by Gasteiger charge is 2.23. The summed E-state index contributed by atoms with van der Waals surface area (Å²) in [4.78, 5) is 16.8. The van der Waals surface area contributed by atoms with Crippen LogP contribution in [-0.2, 0) is 10.4 Å². The van der Waals surface area contributed by atoms with Crippen molar-refractivity contribution in [2.75, 3.05) is 26.2 Å². The molecule has 0 radical (unpaired) electrons. The molecule has 0 fully saturated rings. The Morgan fingerprint density at radius 1 is 1.35 bits per heavy atom. The lowest BCUT2D eigenvalue weighted by atomic mass is 10.1. The fraction of sp³-hybridized carbons (Fsp3) is 0.625. The summed E-state index contributed by atoms with van der Waals surface area (Å²) in [7, 11) is 0. The van der Waals surface area contributed by atoms with Crippen molar-refractivity contribution >= 4 is 23.2 Å². The molecule has 0 aliphatic carbocycles. The van der Waals surface area contributed by atoms with Crippen molar-refractivity contribution in [3.05, 3.63) is 22.4 Å². The Balaban J connectivity index is 2.48. The molecule has 130 valence electrons. The van der Waals surface area contributed by atoms with E-state index in [2.05, 4.69) is 20.9 Å². The van der Waals surface area contributed by atoms with Gasteiger partial charge in [-0.2, -0.15) is 0 Å². The largest absolute Gasteiger partial charge is 0.383 e. The van der Waals surface area contributed by atoms with Crippen LogP contribution in [0.5, 0.6) is 0 Å². The molecule has 0 aliphatic rings. The first-order valence-electron chi connectivity index (χ1n) is 7.93. The number of guanidine groups is 1. The third-order valence-corrected chi connectivity index (χ3v) is 4.31. The number of nitrogens with zero attached hydrogens (tertiary/aromatic N) is 1. The average molecular weight is 340 g/mol. The summed E-state index contributed by atoms with van der Waals surface area (Å²) in [6, 6.07) is 3.82. The van der Waals surface area contributed by atoms with E-state index in [1.807, 2.05) is 38.3 Å². The second-order valence-electron chi connectivity index (χ2n) is 5.82. The second-order valence-corrected chi connectivity index (χ2v) is 6.77. The zero-order valence-corrected chi connectivity index (χ0v) is 15.2. The van der Waals surface area contributed by atoms with Gasteiger partial charge in [0, 0.05) is 30.4 Å². The van der Waals surface area contributed by atoms with Crippen LogP contribution in [0.4, 0.5) is 0 Å². The summed E-state index contributed by atoms with van der Waals surface area (Å²) in [5, 5.41) is 21.5. The van der Waals surface area contributed by atoms with Gasteiger partial charge < -0.3 is 21.1 Å². The van der Waals surface area contributed by atoms with Crippen molar-refractivity contribution in [3.8, 4) is 0 Å². The number of carbonyl (C=O) groups is 1. The molecule has 0 spiro atoms. The summed E-state index contributed by atoms with van der Waals surface area (Å²) in [6.45, 7) is 9.56. The number of aliphatic hydroxyl groups is 1. The first kappa shape index (κ1) is 19.4. The molecule has 1 amide bonds. The molecule has 1 rings (SSSR count). The molecule has 0 saturated carbocycles. The molecule has 6 nitrogen and oxygen atoms in total. The highest BCUT2D eigenvalue weighted by atomic mass is 32.1. The summed E-state index contributed by atoms with van der Waals surface area (Å²) < 4.78 is 0. The van der Waals surface area contributed by atoms with Gasteiger partial charge in [-0.25, -0.2) is 4.99 Å². The average Bonchev–Trinajstić information content (AvgIpc) is 3.03. The Kier molecular flexibility index (Phi) is 8.05. The highest BCUT2D eigenvalue weighted by molar-refractivity contribution is 7.10. The number of carbonyl (C=O) groups excluding carboxylic acids is 1. The molecule has 0 bridgehead atoms. The Morgan fingerprint density at radius 2 is 2.04 bits per heavy atom. The lowest BCUT2D eigenvalue weighted by molar-refractivity contribution is -0.123. The molecule has 4 N–H and O–H groups in total. The third-order valence-electron chi connectivity index (χ3n) is 3.18. The van der Waals surface area contributed by atoms with Gasteiger partial charge in [0.25, 0.3) is 0 Å². The molecular weight excluding hydrogens is 312 g/mol. The Labute approximate surface area is 142 Å². The third kappa shape index (κ3) is 7.00. The van der Waals surface area contributed by atoms with Crippen molar-refractivity contribution in [1.82, 2.24) is 16.0 Å². The number of nitrogens with one attached hydrogen (secondary N) is 3. The molecule has 0 saturated heterocycles. The van der Waals surface area contributed by atoms with Crippen LogP contribution in [0.15, 0.2) is 22.5 Å². The van der Waals surface area contributed by atoms with Gasteiger partial charge in [0.15, 0.2) is 5.96 Å². The van der Waals surface area contributed by atoms with E-state index in [1.165, 1.54) is 11.3 Å². The molecule has 0 aromatic carbocycles. The zero-order chi connectivity index (χ0) is 17.3. The van der Waals surface area contributed by atoms with Crippen LogP contribution >= 0.6 is 11.3 Å². The van der Waals surface area contributed by atoms with Crippen LogP contribution in [0.2, 0.25) is 0 Å². The van der Waals surface area contributed by atoms with E-state index in [1.54, 1.807) is 6.92 Å². The normalized spacial score (nSPS) is 14.4. The highest BCUT2D eigenvalue weighted by Crippen LogP contribution is 2.25. The Morgan fingerprint density at radius 3 is 2.61 bits per heavy atom. The Hall–Kier alpha value is -1.60. The number of aliphatic imine (C=N–C) groups is 1. The first-order chi connectivity index (χ1) is 10.9. The van der Waals surface area contributed by atoms with Gasteiger partial charge in [0.1, 0.15) is 5.60 Å². The number of thiophene rings is 1. The van der Waals surface area contributed by atoms with E-state index in [4.69, 9.17) is 0 Å². The van der Waals surface area contributed by atoms with Crippen molar-refractivity contribution in [3.63, 3.8) is 0 Å². The number of hydrogen-bond donors (Lipinski definition) is 4. The molecular formula is C16H28N4O2S. The maximum Gasteiger partial charge on any atom is 0.222 e. The van der Waals surface area contributed by atoms with Gasteiger partial charge in [-0.1, -0.05) is 19.9 Å². The molecule has 1 unspecified atom stereocenters. The van der Waals surface area contributed by atoms with Gasteiger partial charge in [-0.3, -0.25) is 4.79 Å². The van der Waals surface area contributed by atoms with Crippen LogP contribution in [0, 0.1) is 5.92 Å². The topological polar surface area (TPSA) is 85.8 Å².